The number of amides is 1. The van der Waals surface area contributed by atoms with Crippen LogP contribution in [0.15, 0.2) is 91.0 Å². The summed E-state index contributed by atoms with van der Waals surface area (Å²) in [5, 5.41) is 2.18. The quantitative estimate of drug-likeness (QED) is 0.288. The maximum absolute atomic E-state index is 13.9. The highest BCUT2D eigenvalue weighted by Gasteiger charge is 2.38. The number of carbonyl (C=O) groups excluding carboxylic acids is 1. The van der Waals surface area contributed by atoms with Gasteiger partial charge in [0.05, 0.1) is 0 Å². The largest absolute Gasteiger partial charge is 0.338 e. The Hall–Kier alpha value is -3.43. The fourth-order valence-corrected chi connectivity index (χ4v) is 6.68. The Kier molecular flexibility index (Phi) is 7.04. The maximum atomic E-state index is 13.9. The Balaban J connectivity index is 1.22. The molecule has 4 aromatic rings. The zero-order chi connectivity index (χ0) is 26.1. The molecule has 0 aliphatic carbocycles. The predicted octanol–water partition coefficient (Wildman–Crippen LogP) is 7.19. The minimum absolute atomic E-state index is 0.168. The normalized spacial score (nSPS) is 20.7. The summed E-state index contributed by atoms with van der Waals surface area (Å²) in [5.74, 6) is 1.63. The summed E-state index contributed by atoms with van der Waals surface area (Å²) in [7, 11) is 0. The van der Waals surface area contributed by atoms with Crippen molar-refractivity contribution in [1.29, 1.82) is 0 Å². The molecule has 0 radical (unpaired) electrons. The molecule has 2 heterocycles. The van der Waals surface area contributed by atoms with Gasteiger partial charge in [0.15, 0.2) is 0 Å². The van der Waals surface area contributed by atoms with Crippen molar-refractivity contribution in [3.63, 3.8) is 0 Å². The van der Waals surface area contributed by atoms with E-state index in [0.717, 1.165) is 49.1 Å². The highest BCUT2D eigenvalue weighted by molar-refractivity contribution is 6.07. The van der Waals surface area contributed by atoms with Crippen LogP contribution in [0, 0.1) is 19.8 Å². The van der Waals surface area contributed by atoms with Crippen molar-refractivity contribution in [2.24, 2.45) is 5.92 Å². The fraction of sp³-hybridized carbons (Fsp3) is 0.343. The molecular formula is C35H38N2O. The zero-order valence-corrected chi connectivity index (χ0v) is 22.6. The average Bonchev–Trinajstić information content (AvgIpc) is 3.38. The van der Waals surface area contributed by atoms with Crippen LogP contribution in [0.2, 0.25) is 0 Å². The average molecular weight is 503 g/mol. The van der Waals surface area contributed by atoms with Crippen LogP contribution < -0.4 is 0 Å². The SMILES string of the molecule is Cc1ccc(C2CN(C(=O)c3cccc4ccccc34)CC2CN2CCC(c3ccccc3)CC2)cc1C. The number of nitrogens with zero attached hydrogens (tertiary/aromatic N) is 2. The molecule has 38 heavy (non-hydrogen) atoms. The molecule has 2 unspecified atom stereocenters. The van der Waals surface area contributed by atoms with Gasteiger partial charge in [0.25, 0.3) is 5.91 Å². The van der Waals surface area contributed by atoms with Crippen molar-refractivity contribution in [3.8, 4) is 0 Å². The van der Waals surface area contributed by atoms with Crippen LogP contribution in [-0.2, 0) is 0 Å². The van der Waals surface area contributed by atoms with Crippen molar-refractivity contribution in [2.75, 3.05) is 32.7 Å². The van der Waals surface area contributed by atoms with E-state index < -0.39 is 0 Å². The van der Waals surface area contributed by atoms with Crippen LogP contribution in [0.1, 0.15) is 57.3 Å². The molecule has 3 nitrogen and oxygen atoms in total. The molecule has 194 valence electrons. The Morgan fingerprint density at radius 2 is 1.50 bits per heavy atom. The first-order valence-corrected chi connectivity index (χ1v) is 14.2. The molecule has 0 aromatic heterocycles. The van der Waals surface area contributed by atoms with Gasteiger partial charge in [-0.2, -0.15) is 0 Å². The van der Waals surface area contributed by atoms with E-state index in [9.17, 15) is 4.79 Å². The predicted molar refractivity (Wildman–Crippen MR) is 157 cm³/mol. The highest BCUT2D eigenvalue weighted by atomic mass is 16.2. The van der Waals surface area contributed by atoms with Crippen LogP contribution in [0.4, 0.5) is 0 Å². The lowest BCUT2D eigenvalue weighted by atomic mass is 9.85. The standard InChI is InChI=1S/C35H38N2O/c1-25-15-16-30(21-26(25)2)34-24-37(35(38)33-14-8-12-29-11-6-7-13-32(29)33)23-31(34)22-36-19-17-28(18-20-36)27-9-4-3-5-10-27/h3-16,21,28,31,34H,17-20,22-24H2,1-2H3. The first-order chi connectivity index (χ1) is 18.6. The number of carbonyl (C=O) groups is 1. The van der Waals surface area contributed by atoms with E-state index in [-0.39, 0.29) is 5.91 Å². The van der Waals surface area contributed by atoms with E-state index in [1.807, 2.05) is 24.3 Å². The second-order valence-corrected chi connectivity index (χ2v) is 11.4. The van der Waals surface area contributed by atoms with Gasteiger partial charge < -0.3 is 9.80 Å². The van der Waals surface area contributed by atoms with Crippen molar-refractivity contribution in [2.45, 2.75) is 38.5 Å². The monoisotopic (exact) mass is 502 g/mol. The number of likely N-dealkylation sites (tertiary alicyclic amines) is 2. The van der Waals surface area contributed by atoms with Gasteiger partial charge in [0, 0.05) is 31.1 Å². The number of hydrogen-bond acceptors (Lipinski definition) is 2. The van der Waals surface area contributed by atoms with Gasteiger partial charge in [-0.1, -0.05) is 84.9 Å². The molecule has 3 heteroatoms. The Morgan fingerprint density at radius 1 is 0.763 bits per heavy atom. The molecule has 0 spiro atoms. The molecule has 0 bridgehead atoms. The topological polar surface area (TPSA) is 23.6 Å². The van der Waals surface area contributed by atoms with Crippen molar-refractivity contribution >= 4 is 16.7 Å². The summed E-state index contributed by atoms with van der Waals surface area (Å²) < 4.78 is 0. The fourth-order valence-electron chi connectivity index (χ4n) is 6.68. The molecule has 2 aliphatic heterocycles. The van der Waals surface area contributed by atoms with Crippen molar-refractivity contribution in [3.05, 3.63) is 119 Å². The van der Waals surface area contributed by atoms with Gasteiger partial charge in [-0.3, -0.25) is 4.79 Å². The van der Waals surface area contributed by atoms with Gasteiger partial charge in [-0.25, -0.2) is 0 Å². The molecule has 2 atom stereocenters. The van der Waals surface area contributed by atoms with Crippen LogP contribution in [0.3, 0.4) is 0 Å². The maximum Gasteiger partial charge on any atom is 0.254 e. The summed E-state index contributed by atoms with van der Waals surface area (Å²) in [6.07, 6.45) is 2.42. The first kappa shape index (κ1) is 24.9. The van der Waals surface area contributed by atoms with E-state index >= 15 is 0 Å². The lowest BCUT2D eigenvalue weighted by Gasteiger charge is -2.35. The van der Waals surface area contributed by atoms with Crippen LogP contribution in [0.5, 0.6) is 0 Å². The van der Waals surface area contributed by atoms with E-state index in [0.29, 0.717) is 17.8 Å². The van der Waals surface area contributed by atoms with Crippen LogP contribution in [0.25, 0.3) is 10.8 Å². The summed E-state index contributed by atoms with van der Waals surface area (Å²) in [5.41, 5.74) is 6.35. The second kappa shape index (κ2) is 10.7. The molecular weight excluding hydrogens is 464 g/mol. The molecule has 4 aromatic carbocycles. The van der Waals surface area contributed by atoms with Crippen molar-refractivity contribution in [1.82, 2.24) is 9.80 Å². The lowest BCUT2D eigenvalue weighted by molar-refractivity contribution is 0.0783. The van der Waals surface area contributed by atoms with Gasteiger partial charge >= 0.3 is 0 Å². The number of fused-ring (bicyclic) bond motifs is 1. The first-order valence-electron chi connectivity index (χ1n) is 14.2. The number of piperidine rings is 1. The number of aryl methyl sites for hydroxylation is 2. The zero-order valence-electron chi connectivity index (χ0n) is 22.6. The second-order valence-electron chi connectivity index (χ2n) is 11.4. The van der Waals surface area contributed by atoms with E-state index in [1.54, 1.807) is 0 Å². The molecule has 2 aliphatic rings. The van der Waals surface area contributed by atoms with Gasteiger partial charge in [0.1, 0.15) is 0 Å². The molecule has 0 N–H and O–H groups in total. The summed E-state index contributed by atoms with van der Waals surface area (Å²) in [4.78, 5) is 18.7. The van der Waals surface area contributed by atoms with Gasteiger partial charge in [-0.15, -0.1) is 0 Å². The Labute approximate surface area is 227 Å². The van der Waals surface area contributed by atoms with E-state index in [4.69, 9.17) is 0 Å². The molecule has 6 rings (SSSR count). The van der Waals surface area contributed by atoms with Crippen LogP contribution >= 0.6 is 0 Å². The van der Waals surface area contributed by atoms with E-state index in [2.05, 4.69) is 90.4 Å². The third-order valence-corrected chi connectivity index (χ3v) is 9.06. The number of hydrogen-bond donors (Lipinski definition) is 0. The van der Waals surface area contributed by atoms with E-state index in [1.165, 1.54) is 35.1 Å². The van der Waals surface area contributed by atoms with Crippen molar-refractivity contribution < 1.29 is 4.79 Å². The highest BCUT2D eigenvalue weighted by Crippen LogP contribution is 2.37. The minimum atomic E-state index is 0.168. The molecule has 1 amide bonds. The smallest absolute Gasteiger partial charge is 0.254 e. The van der Waals surface area contributed by atoms with Gasteiger partial charge in [-0.05, 0) is 90.7 Å². The molecule has 0 saturated carbocycles. The Morgan fingerprint density at radius 3 is 2.29 bits per heavy atom. The Bertz CT molecular complexity index is 1420. The number of rotatable bonds is 5. The third-order valence-electron chi connectivity index (χ3n) is 9.06. The minimum Gasteiger partial charge on any atom is -0.338 e. The molecule has 2 saturated heterocycles. The van der Waals surface area contributed by atoms with Crippen LogP contribution in [-0.4, -0.2) is 48.4 Å². The number of benzene rings is 4. The lowest BCUT2D eigenvalue weighted by Crippen LogP contribution is -2.38. The summed E-state index contributed by atoms with van der Waals surface area (Å²) in [6.45, 7) is 9.31. The summed E-state index contributed by atoms with van der Waals surface area (Å²) >= 11 is 0. The summed E-state index contributed by atoms with van der Waals surface area (Å²) in [6, 6.07) is 32.3. The molecule has 2 fully saturated rings. The van der Waals surface area contributed by atoms with Gasteiger partial charge in [0.2, 0.25) is 0 Å². The third kappa shape index (κ3) is 5.00.